The van der Waals surface area contributed by atoms with Crippen molar-refractivity contribution in [3.63, 3.8) is 0 Å². The first-order valence-electron chi connectivity index (χ1n) is 6.31. The SMILES string of the molecule is CCNCCC(C)(C)c1cccc(OC(F)(F)F)c1. The van der Waals surface area contributed by atoms with Crippen molar-refractivity contribution in [1.29, 1.82) is 0 Å². The summed E-state index contributed by atoms with van der Waals surface area (Å²) in [5.41, 5.74) is 0.639. The van der Waals surface area contributed by atoms with E-state index in [0.29, 0.717) is 0 Å². The molecule has 1 N–H and O–H groups in total. The van der Waals surface area contributed by atoms with Gasteiger partial charge in [0.15, 0.2) is 0 Å². The Bertz CT molecular complexity index is 402. The summed E-state index contributed by atoms with van der Waals surface area (Å²) >= 11 is 0. The van der Waals surface area contributed by atoms with Gasteiger partial charge in [0.2, 0.25) is 0 Å². The lowest BCUT2D eigenvalue weighted by atomic mass is 9.81. The predicted octanol–water partition coefficient (Wildman–Crippen LogP) is 3.86. The predicted molar refractivity (Wildman–Crippen MR) is 69.3 cm³/mol. The molecule has 0 unspecified atom stereocenters. The summed E-state index contributed by atoms with van der Waals surface area (Å²) in [6.07, 6.45) is -3.80. The second-order valence-electron chi connectivity index (χ2n) is 5.06. The van der Waals surface area contributed by atoms with Crippen LogP contribution >= 0.6 is 0 Å². The maximum absolute atomic E-state index is 12.2. The zero-order valence-corrected chi connectivity index (χ0v) is 11.5. The van der Waals surface area contributed by atoms with Gasteiger partial charge in [-0.15, -0.1) is 13.2 Å². The minimum atomic E-state index is -4.65. The number of hydrogen-bond donors (Lipinski definition) is 1. The van der Waals surface area contributed by atoms with Crippen LogP contribution in [0.2, 0.25) is 0 Å². The second-order valence-corrected chi connectivity index (χ2v) is 5.06. The molecule has 0 aromatic heterocycles. The number of alkyl halides is 3. The molecule has 1 aromatic rings. The normalized spacial score (nSPS) is 12.5. The smallest absolute Gasteiger partial charge is 0.406 e. The molecule has 0 saturated carbocycles. The summed E-state index contributed by atoms with van der Waals surface area (Å²) < 4.78 is 40.5. The quantitative estimate of drug-likeness (QED) is 0.796. The number of benzene rings is 1. The first-order valence-corrected chi connectivity index (χ1v) is 6.31. The van der Waals surface area contributed by atoms with Crippen molar-refractivity contribution in [2.24, 2.45) is 0 Å². The number of ether oxygens (including phenoxy) is 1. The van der Waals surface area contributed by atoms with Gasteiger partial charge in [0.05, 0.1) is 0 Å². The Balaban J connectivity index is 2.79. The van der Waals surface area contributed by atoms with Crippen LogP contribution in [0.5, 0.6) is 5.75 Å². The van der Waals surface area contributed by atoms with Crippen molar-refractivity contribution < 1.29 is 17.9 Å². The molecule has 0 aliphatic carbocycles. The third-order valence-corrected chi connectivity index (χ3v) is 3.03. The number of hydrogen-bond acceptors (Lipinski definition) is 2. The zero-order chi connectivity index (χ0) is 14.5. The monoisotopic (exact) mass is 275 g/mol. The molecule has 0 amide bonds. The molecule has 0 radical (unpaired) electrons. The van der Waals surface area contributed by atoms with Gasteiger partial charge in [-0.05, 0) is 42.6 Å². The van der Waals surface area contributed by atoms with E-state index in [1.807, 2.05) is 26.8 Å². The average molecular weight is 275 g/mol. The van der Waals surface area contributed by atoms with Crippen molar-refractivity contribution >= 4 is 0 Å². The largest absolute Gasteiger partial charge is 0.573 e. The average Bonchev–Trinajstić information content (AvgIpc) is 2.27. The van der Waals surface area contributed by atoms with E-state index in [9.17, 15) is 13.2 Å². The summed E-state index contributed by atoms with van der Waals surface area (Å²) in [6, 6.07) is 6.19. The number of rotatable bonds is 6. The van der Waals surface area contributed by atoms with Gasteiger partial charge in [0.25, 0.3) is 0 Å². The highest BCUT2D eigenvalue weighted by molar-refractivity contribution is 5.33. The fourth-order valence-corrected chi connectivity index (χ4v) is 1.84. The minimum Gasteiger partial charge on any atom is -0.406 e. The second kappa shape index (κ2) is 6.28. The van der Waals surface area contributed by atoms with E-state index in [4.69, 9.17) is 0 Å². The van der Waals surface area contributed by atoms with Crippen LogP contribution in [0.15, 0.2) is 24.3 Å². The van der Waals surface area contributed by atoms with Crippen LogP contribution in [0.1, 0.15) is 32.8 Å². The fraction of sp³-hybridized carbons (Fsp3) is 0.571. The molecule has 0 bridgehead atoms. The molecule has 1 rings (SSSR count). The zero-order valence-electron chi connectivity index (χ0n) is 11.5. The Morgan fingerprint density at radius 2 is 1.89 bits per heavy atom. The first kappa shape index (κ1) is 15.8. The van der Waals surface area contributed by atoms with Gasteiger partial charge in [0, 0.05) is 0 Å². The molecule has 0 aliphatic rings. The van der Waals surface area contributed by atoms with Gasteiger partial charge in [-0.1, -0.05) is 32.9 Å². The van der Waals surface area contributed by atoms with Crippen molar-refractivity contribution in [1.82, 2.24) is 5.32 Å². The molecule has 108 valence electrons. The third kappa shape index (κ3) is 5.51. The van der Waals surface area contributed by atoms with E-state index >= 15 is 0 Å². The van der Waals surface area contributed by atoms with Crippen molar-refractivity contribution in [3.8, 4) is 5.75 Å². The lowest BCUT2D eigenvalue weighted by Crippen LogP contribution is -2.25. The Labute approximate surface area is 112 Å². The van der Waals surface area contributed by atoms with Gasteiger partial charge in [0.1, 0.15) is 5.75 Å². The van der Waals surface area contributed by atoms with E-state index in [-0.39, 0.29) is 11.2 Å². The van der Waals surface area contributed by atoms with Gasteiger partial charge >= 0.3 is 6.36 Å². The summed E-state index contributed by atoms with van der Waals surface area (Å²) in [7, 11) is 0. The summed E-state index contributed by atoms with van der Waals surface area (Å²) in [5.74, 6) is -0.165. The Morgan fingerprint density at radius 3 is 2.47 bits per heavy atom. The lowest BCUT2D eigenvalue weighted by molar-refractivity contribution is -0.274. The van der Waals surface area contributed by atoms with Crippen LogP contribution in [0.25, 0.3) is 0 Å². The molecular formula is C14H20F3NO. The van der Waals surface area contributed by atoms with Crippen LogP contribution in [0.4, 0.5) is 13.2 Å². The molecule has 0 fully saturated rings. The van der Waals surface area contributed by atoms with Crippen LogP contribution in [-0.4, -0.2) is 19.5 Å². The maximum Gasteiger partial charge on any atom is 0.573 e. The van der Waals surface area contributed by atoms with E-state index < -0.39 is 6.36 Å². The Kier molecular flexibility index (Phi) is 5.23. The molecule has 0 atom stereocenters. The van der Waals surface area contributed by atoms with Crippen LogP contribution in [0, 0.1) is 0 Å². The standard InChI is InChI=1S/C14H20F3NO/c1-4-18-9-8-13(2,3)11-6-5-7-12(10-11)19-14(15,16)17/h5-7,10,18H,4,8-9H2,1-3H3. The maximum atomic E-state index is 12.2. The lowest BCUT2D eigenvalue weighted by Gasteiger charge is -2.26. The van der Waals surface area contributed by atoms with Crippen molar-refractivity contribution in [3.05, 3.63) is 29.8 Å². The van der Waals surface area contributed by atoms with Gasteiger partial charge in [-0.25, -0.2) is 0 Å². The van der Waals surface area contributed by atoms with E-state index in [2.05, 4.69) is 10.1 Å². The highest BCUT2D eigenvalue weighted by Gasteiger charge is 2.31. The summed E-state index contributed by atoms with van der Waals surface area (Å²) in [4.78, 5) is 0. The van der Waals surface area contributed by atoms with Gasteiger partial charge in [-0.3, -0.25) is 0 Å². The molecule has 0 heterocycles. The highest BCUT2D eigenvalue weighted by atomic mass is 19.4. The molecule has 2 nitrogen and oxygen atoms in total. The molecule has 1 aromatic carbocycles. The topological polar surface area (TPSA) is 21.3 Å². The van der Waals surface area contributed by atoms with Crippen LogP contribution < -0.4 is 10.1 Å². The van der Waals surface area contributed by atoms with Crippen molar-refractivity contribution in [2.75, 3.05) is 13.1 Å². The molecular weight excluding hydrogens is 255 g/mol. The first-order chi connectivity index (χ1) is 8.74. The van der Waals surface area contributed by atoms with Crippen molar-refractivity contribution in [2.45, 2.75) is 39.0 Å². The Morgan fingerprint density at radius 1 is 1.21 bits per heavy atom. The number of nitrogens with one attached hydrogen (secondary N) is 1. The van der Waals surface area contributed by atoms with E-state index in [1.54, 1.807) is 6.07 Å². The molecule has 0 saturated heterocycles. The summed E-state index contributed by atoms with van der Waals surface area (Å²) in [6.45, 7) is 7.75. The van der Waals surface area contributed by atoms with E-state index in [1.165, 1.54) is 12.1 Å². The molecule has 0 aliphatic heterocycles. The van der Waals surface area contributed by atoms with E-state index in [0.717, 1.165) is 25.1 Å². The highest BCUT2D eigenvalue weighted by Crippen LogP contribution is 2.31. The summed E-state index contributed by atoms with van der Waals surface area (Å²) in [5, 5.41) is 3.22. The molecule has 0 spiro atoms. The fourth-order valence-electron chi connectivity index (χ4n) is 1.84. The van der Waals surface area contributed by atoms with Crippen LogP contribution in [-0.2, 0) is 5.41 Å². The number of halogens is 3. The third-order valence-electron chi connectivity index (χ3n) is 3.03. The Hall–Kier alpha value is -1.23. The molecule has 19 heavy (non-hydrogen) atoms. The molecule has 5 heteroatoms. The minimum absolute atomic E-state index is 0.165. The van der Waals surface area contributed by atoms with Gasteiger partial charge < -0.3 is 10.1 Å². The van der Waals surface area contributed by atoms with Gasteiger partial charge in [-0.2, -0.15) is 0 Å². The van der Waals surface area contributed by atoms with Crippen LogP contribution in [0.3, 0.4) is 0 Å².